The second-order valence-corrected chi connectivity index (χ2v) is 2.82. The Morgan fingerprint density at radius 2 is 2.08 bits per heavy atom. The van der Waals surface area contributed by atoms with Gasteiger partial charge >= 0.3 is 0 Å². The highest BCUT2D eigenvalue weighted by Crippen LogP contribution is 2.32. The number of aromatic nitrogens is 1. The van der Waals surface area contributed by atoms with Gasteiger partial charge in [-0.1, -0.05) is 0 Å². The van der Waals surface area contributed by atoms with Gasteiger partial charge in [-0.05, 0) is 15.9 Å². The Kier molecular flexibility index (Phi) is 2.56. The van der Waals surface area contributed by atoms with Crippen LogP contribution in [0.3, 0.4) is 0 Å². The average molecular weight is 242 g/mol. The minimum absolute atomic E-state index is 0.134. The Labute approximate surface area is 74.2 Å². The van der Waals surface area contributed by atoms with Crippen LogP contribution in [0, 0.1) is 5.95 Å². The maximum absolute atomic E-state index is 12.4. The summed E-state index contributed by atoms with van der Waals surface area (Å²) in [6, 6.07) is 0.807. The largest absolute Gasteiger partial charge is 0.505 e. The first-order valence-electron chi connectivity index (χ1n) is 2.85. The summed E-state index contributed by atoms with van der Waals surface area (Å²) < 4.78 is 36.2. The molecule has 1 rings (SSSR count). The molecule has 2 nitrogen and oxygen atoms in total. The molecule has 1 aromatic heterocycles. The molecule has 6 heteroatoms. The molecule has 0 spiro atoms. The van der Waals surface area contributed by atoms with E-state index in [0.717, 1.165) is 6.07 Å². The predicted molar refractivity (Wildman–Crippen MR) is 38.5 cm³/mol. The van der Waals surface area contributed by atoms with Crippen LogP contribution in [0.2, 0.25) is 0 Å². The third-order valence-corrected chi connectivity index (χ3v) is 1.75. The fourth-order valence-corrected chi connectivity index (χ4v) is 1.04. The molecule has 1 N–H and O–H groups in total. The number of rotatable bonds is 1. The van der Waals surface area contributed by atoms with Gasteiger partial charge < -0.3 is 5.11 Å². The Balaban J connectivity index is 3.28. The highest BCUT2D eigenvalue weighted by atomic mass is 79.9. The van der Waals surface area contributed by atoms with Gasteiger partial charge in [-0.2, -0.15) is 4.39 Å². The molecule has 0 aromatic carbocycles. The van der Waals surface area contributed by atoms with E-state index in [9.17, 15) is 13.2 Å². The molecule has 0 fully saturated rings. The molecule has 0 bridgehead atoms. The maximum atomic E-state index is 12.4. The number of alkyl halides is 2. The van der Waals surface area contributed by atoms with Gasteiger partial charge in [0.25, 0.3) is 6.43 Å². The summed E-state index contributed by atoms with van der Waals surface area (Å²) in [6.07, 6.45) is -2.99. The Bertz CT molecular complexity index is 305. The molecule has 0 aliphatic heterocycles. The molecule has 1 heterocycles. The number of aromatic hydroxyl groups is 1. The van der Waals surface area contributed by atoms with Crippen molar-refractivity contribution in [3.8, 4) is 5.75 Å². The van der Waals surface area contributed by atoms with Crippen molar-refractivity contribution in [2.75, 3.05) is 0 Å². The second kappa shape index (κ2) is 3.30. The molecular weight excluding hydrogens is 239 g/mol. The predicted octanol–water partition coefficient (Wildman–Crippen LogP) is 2.63. The third-order valence-electron chi connectivity index (χ3n) is 1.15. The van der Waals surface area contributed by atoms with Crippen LogP contribution < -0.4 is 0 Å². The van der Waals surface area contributed by atoms with Crippen LogP contribution in [0.15, 0.2) is 10.5 Å². The molecule has 0 aliphatic carbocycles. The maximum Gasteiger partial charge on any atom is 0.284 e. The Morgan fingerprint density at radius 1 is 1.50 bits per heavy atom. The summed E-state index contributed by atoms with van der Waals surface area (Å²) in [5.74, 6) is -1.79. The summed E-state index contributed by atoms with van der Waals surface area (Å²) in [4.78, 5) is 2.84. The van der Waals surface area contributed by atoms with E-state index in [1.54, 1.807) is 0 Å². The van der Waals surface area contributed by atoms with Gasteiger partial charge in [0, 0.05) is 6.07 Å². The van der Waals surface area contributed by atoms with Crippen molar-refractivity contribution in [1.82, 2.24) is 4.98 Å². The van der Waals surface area contributed by atoms with Gasteiger partial charge in [0.15, 0.2) is 11.4 Å². The molecular formula is C6H3BrF3NO. The van der Waals surface area contributed by atoms with Crippen molar-refractivity contribution >= 4 is 15.9 Å². The number of halogens is 4. The zero-order valence-corrected chi connectivity index (χ0v) is 7.15. The smallest absolute Gasteiger partial charge is 0.284 e. The summed E-state index contributed by atoms with van der Waals surface area (Å²) in [7, 11) is 0. The first kappa shape index (κ1) is 9.31. The molecule has 0 atom stereocenters. The number of nitrogens with zero attached hydrogens (tertiary/aromatic N) is 1. The molecule has 66 valence electrons. The number of pyridine rings is 1. The monoisotopic (exact) mass is 241 g/mol. The quantitative estimate of drug-likeness (QED) is 0.768. The van der Waals surface area contributed by atoms with Crippen molar-refractivity contribution in [2.45, 2.75) is 6.43 Å². The van der Waals surface area contributed by atoms with Gasteiger partial charge in [0.2, 0.25) is 5.95 Å². The first-order chi connectivity index (χ1) is 5.52. The van der Waals surface area contributed by atoms with E-state index < -0.39 is 23.8 Å². The molecule has 0 amide bonds. The normalized spacial score (nSPS) is 10.8. The molecule has 0 unspecified atom stereocenters. The zero-order chi connectivity index (χ0) is 9.30. The van der Waals surface area contributed by atoms with Crippen LogP contribution in [0.4, 0.5) is 13.2 Å². The van der Waals surface area contributed by atoms with Crippen LogP contribution in [-0.4, -0.2) is 10.1 Å². The van der Waals surface area contributed by atoms with Crippen molar-refractivity contribution in [3.63, 3.8) is 0 Å². The van der Waals surface area contributed by atoms with Crippen molar-refractivity contribution in [1.29, 1.82) is 0 Å². The molecule has 0 aliphatic rings. The molecule has 0 saturated carbocycles. The lowest BCUT2D eigenvalue weighted by Gasteiger charge is -2.03. The van der Waals surface area contributed by atoms with Gasteiger partial charge in [-0.15, -0.1) is 0 Å². The summed E-state index contributed by atoms with van der Waals surface area (Å²) in [5.41, 5.74) is -0.957. The van der Waals surface area contributed by atoms with E-state index in [4.69, 9.17) is 5.11 Å². The van der Waals surface area contributed by atoms with Crippen molar-refractivity contribution < 1.29 is 18.3 Å². The van der Waals surface area contributed by atoms with Gasteiger partial charge in [-0.25, -0.2) is 13.8 Å². The van der Waals surface area contributed by atoms with E-state index in [0.29, 0.717) is 0 Å². The van der Waals surface area contributed by atoms with Gasteiger partial charge in [-0.3, -0.25) is 0 Å². The van der Waals surface area contributed by atoms with Crippen LogP contribution >= 0.6 is 15.9 Å². The number of hydrogen-bond donors (Lipinski definition) is 1. The van der Waals surface area contributed by atoms with Crippen LogP contribution in [0.5, 0.6) is 5.75 Å². The van der Waals surface area contributed by atoms with E-state index in [-0.39, 0.29) is 4.47 Å². The van der Waals surface area contributed by atoms with E-state index >= 15 is 0 Å². The topological polar surface area (TPSA) is 33.1 Å². The fraction of sp³-hybridized carbons (Fsp3) is 0.167. The Hall–Kier alpha value is -0.780. The lowest BCUT2D eigenvalue weighted by Crippen LogP contribution is -1.94. The SMILES string of the molecule is Oc1c(Br)cc(F)nc1C(F)F. The molecule has 0 radical (unpaired) electrons. The second-order valence-electron chi connectivity index (χ2n) is 1.96. The van der Waals surface area contributed by atoms with E-state index in [2.05, 4.69) is 20.9 Å². The standard InChI is InChI=1S/C6H3BrF3NO/c7-2-1-3(8)11-4(5(2)12)6(9)10/h1,6,12H. The van der Waals surface area contributed by atoms with Gasteiger partial charge in [0.1, 0.15) is 0 Å². The molecule has 1 aromatic rings. The zero-order valence-electron chi connectivity index (χ0n) is 5.56. The van der Waals surface area contributed by atoms with Crippen LogP contribution in [0.25, 0.3) is 0 Å². The summed E-state index contributed by atoms with van der Waals surface area (Å²) in [5, 5.41) is 8.94. The van der Waals surface area contributed by atoms with Crippen LogP contribution in [-0.2, 0) is 0 Å². The highest BCUT2D eigenvalue weighted by Gasteiger charge is 2.18. The molecule has 0 saturated heterocycles. The first-order valence-corrected chi connectivity index (χ1v) is 3.64. The number of hydrogen-bond acceptors (Lipinski definition) is 2. The highest BCUT2D eigenvalue weighted by molar-refractivity contribution is 9.10. The fourth-order valence-electron chi connectivity index (χ4n) is 0.648. The minimum Gasteiger partial charge on any atom is -0.505 e. The van der Waals surface area contributed by atoms with E-state index in [1.165, 1.54) is 0 Å². The van der Waals surface area contributed by atoms with Crippen LogP contribution in [0.1, 0.15) is 12.1 Å². The average Bonchev–Trinajstić information content (AvgIpc) is 1.96. The third kappa shape index (κ3) is 1.69. The van der Waals surface area contributed by atoms with E-state index in [1.807, 2.05) is 0 Å². The molecule has 12 heavy (non-hydrogen) atoms. The minimum atomic E-state index is -2.99. The van der Waals surface area contributed by atoms with Crippen molar-refractivity contribution in [3.05, 3.63) is 22.2 Å². The lowest BCUT2D eigenvalue weighted by molar-refractivity contribution is 0.140. The summed E-state index contributed by atoms with van der Waals surface area (Å²) in [6.45, 7) is 0. The summed E-state index contributed by atoms with van der Waals surface area (Å²) >= 11 is 2.70. The Morgan fingerprint density at radius 3 is 2.58 bits per heavy atom. The lowest BCUT2D eigenvalue weighted by atomic mass is 10.3. The van der Waals surface area contributed by atoms with Crippen molar-refractivity contribution in [2.24, 2.45) is 0 Å². The van der Waals surface area contributed by atoms with Gasteiger partial charge in [0.05, 0.1) is 4.47 Å².